The Bertz CT molecular complexity index is 2040. The van der Waals surface area contributed by atoms with Crippen LogP contribution in [0.3, 0.4) is 0 Å². The molecule has 6 heteroatoms. The average Bonchev–Trinajstić information content (AvgIpc) is 3.47. The molecule has 0 bridgehead atoms. The molecule has 2 aliphatic heterocycles. The number of para-hydroxylation sites is 1. The lowest BCUT2D eigenvalue weighted by molar-refractivity contribution is -0.129. The topological polar surface area (TPSA) is 73.2 Å². The predicted octanol–water partition coefficient (Wildman–Crippen LogP) is 8.79. The summed E-state index contributed by atoms with van der Waals surface area (Å²) in [4.78, 5) is 27.3. The van der Waals surface area contributed by atoms with Crippen molar-refractivity contribution in [2.24, 2.45) is 5.10 Å². The molecular formula is C42H33N3O3. The molecule has 0 aliphatic carbocycles. The molecule has 234 valence electrons. The number of amides is 1. The average molecular weight is 628 g/mol. The van der Waals surface area contributed by atoms with E-state index in [1.165, 1.54) is 34.0 Å². The van der Waals surface area contributed by atoms with Crippen LogP contribution in [0.25, 0.3) is 17.7 Å². The third kappa shape index (κ3) is 6.37. The minimum atomic E-state index is -1.24. The summed E-state index contributed by atoms with van der Waals surface area (Å²) >= 11 is 0. The highest BCUT2D eigenvalue weighted by Gasteiger charge is 2.34. The number of hydrogen-bond acceptors (Lipinski definition) is 4. The molecule has 0 fully saturated rings. The van der Waals surface area contributed by atoms with Gasteiger partial charge in [-0.15, -0.1) is 0 Å². The first-order valence-corrected chi connectivity index (χ1v) is 16.0. The summed E-state index contributed by atoms with van der Waals surface area (Å²) in [5, 5.41) is 14.9. The maximum absolute atomic E-state index is 13.1. The zero-order chi connectivity index (χ0) is 32.9. The first-order chi connectivity index (χ1) is 23.5. The van der Waals surface area contributed by atoms with Crippen molar-refractivity contribution in [1.82, 2.24) is 0 Å². The van der Waals surface area contributed by atoms with Crippen molar-refractivity contribution < 1.29 is 14.7 Å². The molecule has 0 unspecified atom stereocenters. The molecule has 6 nitrogen and oxygen atoms in total. The molecule has 48 heavy (non-hydrogen) atoms. The normalized spacial score (nSPS) is 15.0. The fourth-order valence-electron chi connectivity index (χ4n) is 6.20. The standard InChI is InChI=1S/C42H33N3O3/c46-41-37(40(42(47)48)43-45(41)36-18-8-3-9-19-36)20-10-12-30-23-26-39-34(28-30)17-11-27-44(39)35-24-21-31(22-25-35)29-38(32-13-4-1-5-14-32)33-15-6-2-7-16-33/h1-10,12-16,18-26,28-29H,11,17,27H2,(H,47,48)/b12-10+,37-20-. The Balaban J connectivity index is 1.10. The van der Waals surface area contributed by atoms with Gasteiger partial charge < -0.3 is 10.0 Å². The number of hydrazone groups is 1. The minimum Gasteiger partial charge on any atom is -0.476 e. The lowest BCUT2D eigenvalue weighted by Gasteiger charge is -2.31. The molecule has 0 saturated heterocycles. The quantitative estimate of drug-likeness (QED) is 0.138. The second kappa shape index (κ2) is 13.6. The van der Waals surface area contributed by atoms with Crippen LogP contribution in [0.2, 0.25) is 0 Å². The van der Waals surface area contributed by atoms with E-state index in [0.717, 1.165) is 41.2 Å². The Kier molecular flexibility index (Phi) is 8.62. The number of carbonyl (C=O) groups is 2. The number of aryl methyl sites for hydroxylation is 1. The lowest BCUT2D eigenvalue weighted by atomic mass is 9.95. The summed E-state index contributed by atoms with van der Waals surface area (Å²) in [5.74, 6) is -1.71. The summed E-state index contributed by atoms with van der Waals surface area (Å²) < 4.78 is 0. The van der Waals surface area contributed by atoms with Crippen LogP contribution in [-0.2, 0) is 16.0 Å². The summed E-state index contributed by atoms with van der Waals surface area (Å²) in [6, 6.07) is 44.8. The molecule has 0 atom stereocenters. The Labute approximate surface area is 279 Å². The van der Waals surface area contributed by atoms with Gasteiger partial charge in [-0.05, 0) is 94.8 Å². The first-order valence-electron chi connectivity index (χ1n) is 16.0. The zero-order valence-corrected chi connectivity index (χ0v) is 26.2. The van der Waals surface area contributed by atoms with E-state index in [9.17, 15) is 14.7 Å². The molecule has 1 amide bonds. The molecule has 0 aromatic heterocycles. The predicted molar refractivity (Wildman–Crippen MR) is 194 cm³/mol. The van der Waals surface area contributed by atoms with Crippen LogP contribution in [0.5, 0.6) is 0 Å². The second-order valence-corrected chi connectivity index (χ2v) is 11.7. The van der Waals surface area contributed by atoms with E-state index >= 15 is 0 Å². The number of carboxylic acid groups (broad SMARTS) is 1. The van der Waals surface area contributed by atoms with E-state index in [1.807, 2.05) is 30.3 Å². The summed E-state index contributed by atoms with van der Waals surface area (Å²) in [6.45, 7) is 0.931. The van der Waals surface area contributed by atoms with E-state index in [1.54, 1.807) is 30.3 Å². The van der Waals surface area contributed by atoms with E-state index in [2.05, 4.69) is 101 Å². The first kappa shape index (κ1) is 30.4. The van der Waals surface area contributed by atoms with Crippen molar-refractivity contribution in [3.63, 3.8) is 0 Å². The molecule has 0 spiro atoms. The van der Waals surface area contributed by atoms with Crippen molar-refractivity contribution in [3.8, 4) is 0 Å². The number of aliphatic carboxylic acids is 1. The summed E-state index contributed by atoms with van der Waals surface area (Å²) in [6.07, 6.45) is 9.38. The lowest BCUT2D eigenvalue weighted by Crippen LogP contribution is -2.24. The van der Waals surface area contributed by atoms with Gasteiger partial charge in [0.1, 0.15) is 0 Å². The van der Waals surface area contributed by atoms with Crippen molar-refractivity contribution in [2.45, 2.75) is 12.8 Å². The van der Waals surface area contributed by atoms with E-state index in [4.69, 9.17) is 0 Å². The monoisotopic (exact) mass is 627 g/mol. The second-order valence-electron chi connectivity index (χ2n) is 11.7. The molecule has 7 rings (SSSR count). The molecule has 5 aromatic rings. The van der Waals surface area contributed by atoms with Gasteiger partial charge in [-0.2, -0.15) is 10.1 Å². The van der Waals surface area contributed by atoms with Crippen LogP contribution in [0.1, 0.15) is 34.2 Å². The minimum absolute atomic E-state index is 0.0460. The van der Waals surface area contributed by atoms with Crippen molar-refractivity contribution in [1.29, 1.82) is 0 Å². The van der Waals surface area contributed by atoms with Gasteiger partial charge in [-0.3, -0.25) is 4.79 Å². The Hall–Kier alpha value is -6.27. The number of anilines is 3. The number of hydrogen-bond donors (Lipinski definition) is 1. The maximum atomic E-state index is 13.1. The Morgan fingerprint density at radius 3 is 2.00 bits per heavy atom. The molecule has 2 heterocycles. The number of fused-ring (bicyclic) bond motifs is 1. The third-order valence-electron chi connectivity index (χ3n) is 8.54. The van der Waals surface area contributed by atoms with Crippen LogP contribution in [0, 0.1) is 0 Å². The highest BCUT2D eigenvalue weighted by Crippen LogP contribution is 2.35. The maximum Gasteiger partial charge on any atom is 0.357 e. The van der Waals surface area contributed by atoms with Crippen LogP contribution in [0.15, 0.2) is 156 Å². The van der Waals surface area contributed by atoms with Gasteiger partial charge in [0, 0.05) is 17.9 Å². The number of allylic oxidation sites excluding steroid dienone is 2. The molecule has 5 aromatic carbocycles. The molecule has 0 saturated carbocycles. The van der Waals surface area contributed by atoms with E-state index < -0.39 is 11.9 Å². The number of nitrogens with zero attached hydrogens (tertiary/aromatic N) is 3. The number of carboxylic acids is 1. The fourth-order valence-corrected chi connectivity index (χ4v) is 6.20. The molecule has 2 aliphatic rings. The van der Waals surface area contributed by atoms with Crippen LogP contribution >= 0.6 is 0 Å². The van der Waals surface area contributed by atoms with Crippen molar-refractivity contribution in [3.05, 3.63) is 179 Å². The van der Waals surface area contributed by atoms with Gasteiger partial charge in [0.15, 0.2) is 5.71 Å². The molecular weight excluding hydrogens is 594 g/mol. The molecule has 1 N–H and O–H groups in total. The Morgan fingerprint density at radius 1 is 0.729 bits per heavy atom. The van der Waals surface area contributed by atoms with Gasteiger partial charge in [0.2, 0.25) is 0 Å². The number of carbonyl (C=O) groups excluding carboxylic acids is 1. The fraction of sp³-hybridized carbons (Fsp3) is 0.0714. The smallest absolute Gasteiger partial charge is 0.357 e. The van der Waals surface area contributed by atoms with E-state index in [-0.39, 0.29) is 11.3 Å². The highest BCUT2D eigenvalue weighted by atomic mass is 16.4. The van der Waals surface area contributed by atoms with Crippen LogP contribution < -0.4 is 9.91 Å². The largest absolute Gasteiger partial charge is 0.476 e. The number of benzene rings is 5. The van der Waals surface area contributed by atoms with Crippen molar-refractivity contribution in [2.75, 3.05) is 16.5 Å². The summed E-state index contributed by atoms with van der Waals surface area (Å²) in [5.41, 5.74) is 9.51. The van der Waals surface area contributed by atoms with Gasteiger partial charge in [-0.25, -0.2) is 4.79 Å². The number of rotatable bonds is 8. The SMILES string of the molecule is O=C(O)C1=NN(c2ccccc2)C(=O)/C1=C\C=C\c1ccc2c(c1)CCCN2c1ccc(C=C(c2ccccc2)c2ccccc2)cc1. The van der Waals surface area contributed by atoms with Crippen LogP contribution in [0.4, 0.5) is 17.1 Å². The van der Waals surface area contributed by atoms with Gasteiger partial charge >= 0.3 is 5.97 Å². The van der Waals surface area contributed by atoms with Crippen molar-refractivity contribution >= 4 is 52.4 Å². The van der Waals surface area contributed by atoms with E-state index in [0.29, 0.717) is 5.69 Å². The Morgan fingerprint density at radius 2 is 1.35 bits per heavy atom. The van der Waals surface area contributed by atoms with Gasteiger partial charge in [-0.1, -0.05) is 109 Å². The summed E-state index contributed by atoms with van der Waals surface area (Å²) in [7, 11) is 0. The highest BCUT2D eigenvalue weighted by molar-refractivity contribution is 6.52. The molecule has 0 radical (unpaired) electrons. The zero-order valence-electron chi connectivity index (χ0n) is 26.2. The van der Waals surface area contributed by atoms with Gasteiger partial charge in [0.25, 0.3) is 5.91 Å². The third-order valence-corrected chi connectivity index (χ3v) is 8.54. The van der Waals surface area contributed by atoms with Gasteiger partial charge in [0.05, 0.1) is 11.3 Å². The van der Waals surface area contributed by atoms with Crippen LogP contribution in [-0.4, -0.2) is 29.2 Å².